The minimum atomic E-state index is -0.593. The summed E-state index contributed by atoms with van der Waals surface area (Å²) in [7, 11) is 0. The van der Waals surface area contributed by atoms with Gasteiger partial charge in [-0.15, -0.1) is 0 Å². The summed E-state index contributed by atoms with van der Waals surface area (Å²) in [5, 5.41) is 13.4. The van der Waals surface area contributed by atoms with Crippen molar-refractivity contribution in [1.29, 1.82) is 0 Å². The normalized spacial score (nSPS) is 11.8. The minimum Gasteiger partial charge on any atom is -0.435 e. The van der Waals surface area contributed by atoms with Gasteiger partial charge in [-0.25, -0.2) is 4.79 Å². The summed E-state index contributed by atoms with van der Waals surface area (Å²) in [6.45, 7) is 1.10. The Morgan fingerprint density at radius 3 is 2.48 bits per heavy atom. The summed E-state index contributed by atoms with van der Waals surface area (Å²) >= 11 is 0. The smallest absolute Gasteiger partial charge is 0.335 e. The van der Waals surface area contributed by atoms with Crippen LogP contribution in [-0.4, -0.2) is 17.9 Å². The van der Waals surface area contributed by atoms with E-state index in [4.69, 9.17) is 5.11 Å². The minimum absolute atomic E-state index is 0.488. The Balaban J connectivity index is 1.99. The number of esters is 1. The van der Waals surface area contributed by atoms with Gasteiger partial charge in [-0.05, 0) is 52.6 Å². The third-order valence-electron chi connectivity index (χ3n) is 3.98. The highest BCUT2D eigenvalue weighted by Gasteiger charge is 2.06. The Kier molecular flexibility index (Phi) is 4.40. The fourth-order valence-corrected chi connectivity index (χ4v) is 2.73. The highest BCUT2D eigenvalue weighted by molar-refractivity contribution is 5.99. The average molecular weight is 306 g/mol. The van der Waals surface area contributed by atoms with Crippen LogP contribution in [0.4, 0.5) is 0 Å². The van der Waals surface area contributed by atoms with E-state index in [9.17, 15) is 4.79 Å². The molecular weight excluding hydrogens is 288 g/mol. The number of hydrogen-bond donors (Lipinski definition) is 1. The lowest BCUT2D eigenvalue weighted by atomic mass is 9.97. The van der Waals surface area contributed by atoms with Crippen molar-refractivity contribution in [2.45, 2.75) is 13.3 Å². The molecule has 0 saturated heterocycles. The van der Waals surface area contributed by atoms with E-state index in [0.717, 1.165) is 5.56 Å². The van der Waals surface area contributed by atoms with Crippen LogP contribution in [0.5, 0.6) is 0 Å². The van der Waals surface area contributed by atoms with E-state index in [-0.39, 0.29) is 0 Å². The number of rotatable bonds is 4. The quantitative estimate of drug-likeness (QED) is 0.343. The average Bonchev–Trinajstić information content (AvgIpc) is 2.58. The Hall–Kier alpha value is -2.65. The van der Waals surface area contributed by atoms with Gasteiger partial charge in [0.05, 0.1) is 0 Å². The molecule has 0 saturated carbocycles. The van der Waals surface area contributed by atoms with Gasteiger partial charge in [0.15, 0.2) is 6.79 Å². The number of carbonyl (C=O) groups excluding carboxylic acids is 1. The first-order valence-corrected chi connectivity index (χ1v) is 7.54. The number of hydrogen-bond acceptors (Lipinski definition) is 3. The number of fused-ring (bicyclic) bond motifs is 2. The van der Waals surface area contributed by atoms with Gasteiger partial charge < -0.3 is 9.84 Å². The zero-order chi connectivity index (χ0) is 16.2. The van der Waals surface area contributed by atoms with Crippen LogP contribution in [0.1, 0.15) is 12.5 Å². The molecule has 0 heterocycles. The van der Waals surface area contributed by atoms with Gasteiger partial charge >= 0.3 is 5.97 Å². The van der Waals surface area contributed by atoms with Crippen LogP contribution < -0.4 is 0 Å². The SMILES string of the molecule is CC(=CCc1cccc2cc3ccccc3cc12)C(=O)OCO. The first-order valence-electron chi connectivity index (χ1n) is 7.54. The molecule has 3 nitrogen and oxygen atoms in total. The molecule has 116 valence electrons. The highest BCUT2D eigenvalue weighted by Crippen LogP contribution is 2.26. The van der Waals surface area contributed by atoms with Crippen LogP contribution in [0.2, 0.25) is 0 Å². The topological polar surface area (TPSA) is 46.5 Å². The summed E-state index contributed by atoms with van der Waals surface area (Å²) in [6.07, 6.45) is 2.48. The Morgan fingerprint density at radius 2 is 1.74 bits per heavy atom. The van der Waals surface area contributed by atoms with Crippen LogP contribution >= 0.6 is 0 Å². The van der Waals surface area contributed by atoms with Gasteiger partial charge in [0.25, 0.3) is 0 Å². The molecule has 0 aliphatic heterocycles. The van der Waals surface area contributed by atoms with Crippen LogP contribution in [0.3, 0.4) is 0 Å². The van der Waals surface area contributed by atoms with Crippen molar-refractivity contribution in [3.05, 3.63) is 71.8 Å². The molecule has 0 radical (unpaired) electrons. The summed E-state index contributed by atoms with van der Waals surface area (Å²) in [5.41, 5.74) is 1.65. The molecule has 3 aromatic carbocycles. The molecule has 0 aliphatic rings. The molecule has 3 aromatic rings. The largest absolute Gasteiger partial charge is 0.435 e. The lowest BCUT2D eigenvalue weighted by Crippen LogP contribution is -2.06. The second kappa shape index (κ2) is 6.63. The van der Waals surface area contributed by atoms with E-state index in [2.05, 4.69) is 41.1 Å². The molecule has 0 aliphatic carbocycles. The summed E-state index contributed by atoms with van der Waals surface area (Å²) in [6, 6.07) is 18.9. The van der Waals surface area contributed by atoms with Crippen LogP contribution in [0.25, 0.3) is 21.5 Å². The number of benzene rings is 3. The molecule has 1 N–H and O–H groups in total. The monoisotopic (exact) mass is 306 g/mol. The maximum atomic E-state index is 11.6. The maximum absolute atomic E-state index is 11.6. The van der Waals surface area contributed by atoms with Gasteiger partial charge in [0.2, 0.25) is 0 Å². The summed E-state index contributed by atoms with van der Waals surface area (Å²) < 4.78 is 4.59. The fraction of sp³-hybridized carbons (Fsp3) is 0.150. The second-order valence-corrected chi connectivity index (χ2v) is 5.49. The van der Waals surface area contributed by atoms with Gasteiger partial charge in [-0.1, -0.05) is 48.5 Å². The molecule has 0 aromatic heterocycles. The third kappa shape index (κ3) is 3.25. The number of aliphatic hydroxyl groups excluding tert-OH is 1. The van der Waals surface area contributed by atoms with Crippen molar-refractivity contribution in [2.24, 2.45) is 0 Å². The van der Waals surface area contributed by atoms with Gasteiger partial charge in [-0.2, -0.15) is 0 Å². The van der Waals surface area contributed by atoms with Crippen molar-refractivity contribution in [2.75, 3.05) is 6.79 Å². The van der Waals surface area contributed by atoms with Crippen molar-refractivity contribution >= 4 is 27.5 Å². The van der Waals surface area contributed by atoms with Crippen molar-refractivity contribution in [3.8, 4) is 0 Å². The molecule has 0 amide bonds. The second-order valence-electron chi connectivity index (χ2n) is 5.49. The Morgan fingerprint density at radius 1 is 1.04 bits per heavy atom. The van der Waals surface area contributed by atoms with E-state index >= 15 is 0 Å². The molecule has 3 rings (SSSR count). The van der Waals surface area contributed by atoms with E-state index in [1.54, 1.807) is 6.92 Å². The Bertz CT molecular complexity index is 894. The molecule has 3 heteroatoms. The van der Waals surface area contributed by atoms with Gasteiger partial charge in [-0.3, -0.25) is 0 Å². The van der Waals surface area contributed by atoms with E-state index in [1.165, 1.54) is 21.5 Å². The number of aliphatic hydroxyl groups is 1. The van der Waals surface area contributed by atoms with Gasteiger partial charge in [0, 0.05) is 5.57 Å². The molecular formula is C20H18O3. The molecule has 0 unspecified atom stereocenters. The van der Waals surface area contributed by atoms with Gasteiger partial charge in [0.1, 0.15) is 0 Å². The third-order valence-corrected chi connectivity index (χ3v) is 3.98. The predicted molar refractivity (Wildman–Crippen MR) is 92.1 cm³/mol. The first-order chi connectivity index (χ1) is 11.2. The van der Waals surface area contributed by atoms with Crippen molar-refractivity contribution < 1.29 is 14.6 Å². The lowest BCUT2D eigenvalue weighted by Gasteiger charge is -2.07. The van der Waals surface area contributed by atoms with E-state index < -0.39 is 12.8 Å². The molecule has 0 bridgehead atoms. The number of carbonyl (C=O) groups is 1. The summed E-state index contributed by atoms with van der Waals surface area (Å²) in [4.78, 5) is 11.6. The summed E-state index contributed by atoms with van der Waals surface area (Å²) in [5.74, 6) is -0.488. The zero-order valence-corrected chi connectivity index (χ0v) is 13.0. The fourth-order valence-electron chi connectivity index (χ4n) is 2.73. The molecule has 23 heavy (non-hydrogen) atoms. The lowest BCUT2D eigenvalue weighted by molar-refractivity contribution is -0.146. The van der Waals surface area contributed by atoms with Crippen LogP contribution in [0, 0.1) is 0 Å². The standard InChI is InChI=1S/C20H18O3/c1-14(20(22)23-13-21)9-10-15-7-4-8-18-11-16-5-2-3-6-17(16)12-19(15)18/h2-9,11-12,21H,10,13H2,1H3. The molecule has 0 fully saturated rings. The molecule has 0 spiro atoms. The van der Waals surface area contributed by atoms with Crippen LogP contribution in [0.15, 0.2) is 66.2 Å². The number of allylic oxidation sites excluding steroid dienone is 1. The predicted octanol–water partition coefficient (Wildman–Crippen LogP) is 3.97. The Labute approximate surface area is 134 Å². The van der Waals surface area contributed by atoms with E-state index in [0.29, 0.717) is 12.0 Å². The number of ether oxygens (including phenoxy) is 1. The maximum Gasteiger partial charge on any atom is 0.335 e. The van der Waals surface area contributed by atoms with Crippen molar-refractivity contribution in [1.82, 2.24) is 0 Å². The zero-order valence-electron chi connectivity index (χ0n) is 13.0. The van der Waals surface area contributed by atoms with Crippen molar-refractivity contribution in [3.63, 3.8) is 0 Å². The molecule has 0 atom stereocenters. The van der Waals surface area contributed by atoms with E-state index in [1.807, 2.05) is 24.3 Å². The first kappa shape index (κ1) is 15.3. The van der Waals surface area contributed by atoms with Crippen LogP contribution in [-0.2, 0) is 16.0 Å². The highest BCUT2D eigenvalue weighted by atomic mass is 16.6.